The van der Waals surface area contributed by atoms with Crippen LogP contribution in [0.1, 0.15) is 45.7 Å². The van der Waals surface area contributed by atoms with Crippen molar-refractivity contribution in [3.63, 3.8) is 0 Å². The highest BCUT2D eigenvalue weighted by atomic mass is 16.3. The topological polar surface area (TPSA) is 82.5 Å². The van der Waals surface area contributed by atoms with E-state index >= 15 is 0 Å². The van der Waals surface area contributed by atoms with Crippen LogP contribution in [-0.2, 0) is 13.1 Å². The van der Waals surface area contributed by atoms with Crippen molar-refractivity contribution in [2.75, 3.05) is 13.1 Å². The van der Waals surface area contributed by atoms with Gasteiger partial charge in [0, 0.05) is 56.9 Å². The number of carbonyl (C=O) groups is 1. The highest BCUT2D eigenvalue weighted by Gasteiger charge is 2.28. The van der Waals surface area contributed by atoms with Crippen molar-refractivity contribution in [1.82, 2.24) is 24.8 Å². The molecule has 1 aliphatic rings. The lowest BCUT2D eigenvalue weighted by Gasteiger charge is -2.38. The fourth-order valence-corrected chi connectivity index (χ4v) is 4.20. The molecule has 1 N–H and O–H groups in total. The summed E-state index contributed by atoms with van der Waals surface area (Å²) >= 11 is 0. The van der Waals surface area contributed by atoms with Gasteiger partial charge in [-0.25, -0.2) is 4.98 Å². The minimum atomic E-state index is -0.0782. The molecule has 0 bridgehead atoms. The molecular formula is C25H29N5O2. The maximum atomic E-state index is 12.8. The number of likely N-dealkylation sites (tertiary alicyclic amines) is 1. The van der Waals surface area contributed by atoms with Crippen molar-refractivity contribution >= 4 is 5.91 Å². The highest BCUT2D eigenvalue weighted by molar-refractivity contribution is 5.94. The summed E-state index contributed by atoms with van der Waals surface area (Å²) < 4.78 is 0. The first-order chi connectivity index (χ1) is 15.5. The Hall–Kier alpha value is -3.32. The molecule has 7 heteroatoms. The molecule has 1 saturated heterocycles. The molecule has 1 amide bonds. The van der Waals surface area contributed by atoms with E-state index < -0.39 is 0 Å². The molecule has 0 radical (unpaired) electrons. The Bertz CT molecular complexity index is 1010. The summed E-state index contributed by atoms with van der Waals surface area (Å²) in [5, 5.41) is 9.37. The van der Waals surface area contributed by atoms with E-state index in [4.69, 9.17) is 0 Å². The number of aryl methyl sites for hydroxylation is 2. The average molecular weight is 432 g/mol. The molecule has 0 aromatic carbocycles. The van der Waals surface area contributed by atoms with Crippen LogP contribution < -0.4 is 0 Å². The van der Waals surface area contributed by atoms with Gasteiger partial charge >= 0.3 is 0 Å². The van der Waals surface area contributed by atoms with Gasteiger partial charge in [-0.05, 0) is 56.0 Å². The van der Waals surface area contributed by atoms with Gasteiger partial charge in [0.2, 0.25) is 5.88 Å². The molecule has 1 fully saturated rings. The highest BCUT2D eigenvalue weighted by Crippen LogP contribution is 2.23. The molecule has 3 aromatic heterocycles. The van der Waals surface area contributed by atoms with Gasteiger partial charge in [0.25, 0.3) is 5.91 Å². The van der Waals surface area contributed by atoms with Gasteiger partial charge in [0.05, 0.1) is 17.0 Å². The predicted molar refractivity (Wildman–Crippen MR) is 122 cm³/mol. The molecule has 0 atom stereocenters. The third-order valence-electron chi connectivity index (χ3n) is 6.20. The number of hydrogen-bond acceptors (Lipinski definition) is 6. The van der Waals surface area contributed by atoms with Crippen LogP contribution in [0.15, 0.2) is 55.0 Å². The van der Waals surface area contributed by atoms with E-state index in [1.807, 2.05) is 29.4 Å². The van der Waals surface area contributed by atoms with Crippen molar-refractivity contribution in [3.05, 3.63) is 83.1 Å². The van der Waals surface area contributed by atoms with Gasteiger partial charge in [-0.3, -0.25) is 19.7 Å². The molecule has 4 rings (SSSR count). The number of rotatable bonds is 6. The van der Waals surface area contributed by atoms with Crippen LogP contribution in [0.5, 0.6) is 5.88 Å². The first-order valence-corrected chi connectivity index (χ1v) is 11.0. The molecule has 7 nitrogen and oxygen atoms in total. The van der Waals surface area contributed by atoms with E-state index in [2.05, 4.69) is 45.8 Å². The Labute approximate surface area is 188 Å². The first kappa shape index (κ1) is 21.9. The van der Waals surface area contributed by atoms with Gasteiger partial charge in [-0.2, -0.15) is 0 Å². The summed E-state index contributed by atoms with van der Waals surface area (Å²) in [5.74, 6) is -0.117. The number of nitrogens with zero attached hydrogens (tertiary/aromatic N) is 5. The number of amides is 1. The summed E-state index contributed by atoms with van der Waals surface area (Å²) in [7, 11) is 0. The third kappa shape index (κ3) is 5.11. The zero-order valence-corrected chi connectivity index (χ0v) is 18.6. The maximum Gasteiger partial charge on any atom is 0.255 e. The quantitative estimate of drug-likeness (QED) is 0.643. The number of carbonyl (C=O) groups excluding carboxylic acids is 1. The van der Waals surface area contributed by atoms with Crippen LogP contribution >= 0.6 is 0 Å². The number of aromatic nitrogens is 3. The third-order valence-corrected chi connectivity index (χ3v) is 6.20. The van der Waals surface area contributed by atoms with E-state index in [0.29, 0.717) is 24.7 Å². The Morgan fingerprint density at radius 2 is 1.56 bits per heavy atom. The normalized spacial score (nSPS) is 14.7. The number of piperidine rings is 1. The van der Waals surface area contributed by atoms with E-state index in [-0.39, 0.29) is 11.8 Å². The Morgan fingerprint density at radius 3 is 2.06 bits per heavy atom. The van der Waals surface area contributed by atoms with Gasteiger partial charge in [-0.1, -0.05) is 12.1 Å². The average Bonchev–Trinajstić information content (AvgIpc) is 2.81. The van der Waals surface area contributed by atoms with Crippen molar-refractivity contribution in [1.29, 1.82) is 0 Å². The molecule has 4 heterocycles. The zero-order valence-electron chi connectivity index (χ0n) is 18.6. The number of aromatic hydroxyl groups is 1. The summed E-state index contributed by atoms with van der Waals surface area (Å²) in [5.41, 5.74) is 5.03. The van der Waals surface area contributed by atoms with Crippen molar-refractivity contribution in [2.45, 2.75) is 45.8 Å². The van der Waals surface area contributed by atoms with E-state index in [1.54, 1.807) is 6.07 Å². The summed E-state index contributed by atoms with van der Waals surface area (Å²) in [4.78, 5) is 30.2. The summed E-state index contributed by atoms with van der Waals surface area (Å²) in [6.45, 7) is 7.07. The van der Waals surface area contributed by atoms with Crippen LogP contribution in [0.2, 0.25) is 0 Å². The molecule has 3 aromatic rings. The molecule has 1 aliphatic heterocycles. The van der Waals surface area contributed by atoms with Gasteiger partial charge in [-0.15, -0.1) is 0 Å². The minimum absolute atomic E-state index is 0.0383. The lowest BCUT2D eigenvalue weighted by atomic mass is 10.0. The second-order valence-electron chi connectivity index (χ2n) is 8.37. The Balaban J connectivity index is 1.48. The van der Waals surface area contributed by atoms with E-state index in [0.717, 1.165) is 37.3 Å². The second kappa shape index (κ2) is 9.87. The largest absolute Gasteiger partial charge is 0.493 e. The van der Waals surface area contributed by atoms with Gasteiger partial charge < -0.3 is 10.0 Å². The first-order valence-electron chi connectivity index (χ1n) is 11.0. The fraction of sp³-hybridized carbons (Fsp3) is 0.360. The van der Waals surface area contributed by atoms with Crippen LogP contribution in [-0.4, -0.2) is 54.9 Å². The maximum absolute atomic E-state index is 12.8. The molecule has 166 valence electrons. The van der Waals surface area contributed by atoms with Gasteiger partial charge in [0.1, 0.15) is 0 Å². The fourth-order valence-electron chi connectivity index (χ4n) is 4.20. The SMILES string of the molecule is Cc1cccnc1CN(Cc1ncccc1C)C1CCN(C(=O)c2ccc(O)nc2)CC1. The summed E-state index contributed by atoms with van der Waals surface area (Å²) in [6.07, 6.45) is 6.90. The van der Waals surface area contributed by atoms with Crippen LogP contribution in [0.25, 0.3) is 0 Å². The van der Waals surface area contributed by atoms with Crippen LogP contribution in [0.4, 0.5) is 0 Å². The van der Waals surface area contributed by atoms with Crippen LogP contribution in [0.3, 0.4) is 0 Å². The molecule has 0 saturated carbocycles. The second-order valence-corrected chi connectivity index (χ2v) is 8.37. The molecular weight excluding hydrogens is 402 g/mol. The molecule has 32 heavy (non-hydrogen) atoms. The zero-order chi connectivity index (χ0) is 22.5. The van der Waals surface area contributed by atoms with E-state index in [1.165, 1.54) is 23.4 Å². The summed E-state index contributed by atoms with van der Waals surface area (Å²) in [6, 6.07) is 11.5. The standard InChI is InChI=1S/C25H29N5O2/c1-18-5-3-11-26-22(18)16-30(17-23-19(2)6-4-12-27-23)21-9-13-29(14-10-21)25(32)20-7-8-24(31)28-15-20/h3-8,11-12,15,21H,9-10,13-14,16-17H2,1-2H3,(H,28,31). The lowest BCUT2D eigenvalue weighted by molar-refractivity contribution is 0.0589. The lowest BCUT2D eigenvalue weighted by Crippen LogP contribution is -2.46. The minimum Gasteiger partial charge on any atom is -0.493 e. The van der Waals surface area contributed by atoms with Crippen molar-refractivity contribution in [3.8, 4) is 5.88 Å². The smallest absolute Gasteiger partial charge is 0.255 e. The molecule has 0 aliphatic carbocycles. The Kier molecular flexibility index (Phi) is 6.75. The van der Waals surface area contributed by atoms with Crippen LogP contribution in [0, 0.1) is 13.8 Å². The predicted octanol–water partition coefficient (Wildman–Crippen LogP) is 3.50. The number of pyridine rings is 3. The van der Waals surface area contributed by atoms with Crippen molar-refractivity contribution < 1.29 is 9.90 Å². The molecule has 0 unspecified atom stereocenters. The Morgan fingerprint density at radius 1 is 0.969 bits per heavy atom. The van der Waals surface area contributed by atoms with E-state index in [9.17, 15) is 9.90 Å². The van der Waals surface area contributed by atoms with Crippen molar-refractivity contribution in [2.24, 2.45) is 0 Å². The molecule has 0 spiro atoms. The van der Waals surface area contributed by atoms with Gasteiger partial charge in [0.15, 0.2) is 0 Å². The monoisotopic (exact) mass is 431 g/mol. The number of hydrogen-bond donors (Lipinski definition) is 1.